The van der Waals surface area contributed by atoms with Crippen molar-refractivity contribution in [2.24, 2.45) is 0 Å². The van der Waals surface area contributed by atoms with E-state index in [0.29, 0.717) is 0 Å². The number of nitrogens with zero attached hydrogens (tertiary/aromatic N) is 1. The highest BCUT2D eigenvalue weighted by Crippen LogP contribution is 2.13. The number of hydrogen-bond acceptors (Lipinski definition) is 3. The molecule has 0 amide bonds. The first-order valence-electron chi connectivity index (χ1n) is 18.3. The fourth-order valence-corrected chi connectivity index (χ4v) is 5.29. The quantitative estimate of drug-likeness (QED) is 0.0467. The molecule has 3 heteroatoms. The lowest BCUT2D eigenvalue weighted by Gasteiger charge is -2.29. The highest BCUT2D eigenvalue weighted by Gasteiger charge is 2.19. The van der Waals surface area contributed by atoms with E-state index in [0.717, 1.165) is 38.8 Å². The lowest BCUT2D eigenvalue weighted by molar-refractivity contribution is -0.0767. The van der Waals surface area contributed by atoms with Gasteiger partial charge in [0.25, 0.3) is 0 Å². The Hall–Kier alpha value is -1.16. The van der Waals surface area contributed by atoms with Crippen molar-refractivity contribution >= 4 is 0 Å². The average Bonchev–Trinajstić information content (AvgIpc) is 2.99. The topological polar surface area (TPSA) is 43.7 Å². The molecule has 42 heavy (non-hydrogen) atoms. The van der Waals surface area contributed by atoms with E-state index in [1.165, 1.54) is 128 Å². The van der Waals surface area contributed by atoms with Crippen LogP contribution in [0.5, 0.6) is 0 Å². The highest BCUT2D eigenvalue weighted by molar-refractivity contribution is 4.93. The van der Waals surface area contributed by atoms with Crippen LogP contribution in [0.25, 0.3) is 0 Å². The molecule has 0 heterocycles. The second-order valence-electron chi connectivity index (χ2n) is 12.4. The third-order valence-electron chi connectivity index (χ3n) is 8.10. The van der Waals surface area contributed by atoms with Gasteiger partial charge < -0.3 is 10.2 Å². The average molecular weight is 588 g/mol. The van der Waals surface area contributed by atoms with Crippen LogP contribution < -0.4 is 0 Å². The molecule has 0 saturated carbocycles. The van der Waals surface area contributed by atoms with Gasteiger partial charge in [-0.15, -0.1) is 0 Å². The van der Waals surface area contributed by atoms with Crippen LogP contribution in [0.2, 0.25) is 0 Å². The number of aliphatic hydroxyl groups is 2. The minimum atomic E-state index is -0.735. The van der Waals surface area contributed by atoms with E-state index in [9.17, 15) is 10.2 Å². The summed E-state index contributed by atoms with van der Waals surface area (Å²) in [5.74, 6) is 0. The Morgan fingerprint density at radius 3 is 1.07 bits per heavy atom. The molecule has 3 nitrogen and oxygen atoms in total. The van der Waals surface area contributed by atoms with Gasteiger partial charge in [0, 0.05) is 13.1 Å². The maximum atomic E-state index is 10.5. The van der Waals surface area contributed by atoms with E-state index in [4.69, 9.17) is 0 Å². The van der Waals surface area contributed by atoms with Crippen LogP contribution in [0.3, 0.4) is 0 Å². The molecular weight excluding hydrogens is 514 g/mol. The fourth-order valence-electron chi connectivity index (χ4n) is 5.29. The van der Waals surface area contributed by atoms with Gasteiger partial charge in [0.15, 0.2) is 0 Å². The summed E-state index contributed by atoms with van der Waals surface area (Å²) in [5.41, 5.74) is 0. The molecule has 2 atom stereocenters. The van der Waals surface area contributed by atoms with E-state index in [2.05, 4.69) is 67.4 Å². The fraction of sp³-hybridized carbons (Fsp3) is 0.795. The summed E-state index contributed by atoms with van der Waals surface area (Å²) >= 11 is 0. The van der Waals surface area contributed by atoms with Crippen LogP contribution in [0, 0.1) is 0 Å². The summed E-state index contributed by atoms with van der Waals surface area (Å²) in [6, 6.07) is 0. The van der Waals surface area contributed by atoms with Crippen LogP contribution in [-0.4, -0.2) is 40.5 Å². The Bertz CT molecular complexity index is 588. The van der Waals surface area contributed by atoms with Crippen LogP contribution in [0.4, 0.5) is 0 Å². The van der Waals surface area contributed by atoms with Crippen LogP contribution in [-0.2, 0) is 0 Å². The zero-order chi connectivity index (χ0) is 30.8. The number of allylic oxidation sites excluding steroid dienone is 8. The standard InChI is InChI=1S/C39H73NO2/c1-4-6-8-10-12-14-16-18-20-22-24-26-28-30-32-34-36-40(39(42)38(3)41)37-35-33-31-29-27-25-23-21-19-17-15-13-11-9-7-5-2/h12-15,18-21,38-39,41-42H,4-11,16-17,22-37H2,1-3H3/b14-12-,15-13-,20-18-,21-19-. The third kappa shape index (κ3) is 30.3. The maximum absolute atomic E-state index is 10.5. The maximum Gasteiger partial charge on any atom is 0.133 e. The summed E-state index contributed by atoms with van der Waals surface area (Å²) in [5, 5.41) is 20.4. The zero-order valence-electron chi connectivity index (χ0n) is 28.5. The largest absolute Gasteiger partial charge is 0.389 e. The number of unbranched alkanes of at least 4 members (excludes halogenated alkanes) is 18. The van der Waals surface area contributed by atoms with Crippen molar-refractivity contribution in [3.05, 3.63) is 48.6 Å². The predicted octanol–water partition coefficient (Wildman–Crippen LogP) is 11.6. The molecule has 0 aromatic carbocycles. The van der Waals surface area contributed by atoms with Gasteiger partial charge in [0.05, 0.1) is 6.10 Å². The summed E-state index contributed by atoms with van der Waals surface area (Å²) < 4.78 is 0. The molecule has 0 aliphatic rings. The van der Waals surface area contributed by atoms with E-state index in [1.54, 1.807) is 6.92 Å². The highest BCUT2D eigenvalue weighted by atomic mass is 16.3. The van der Waals surface area contributed by atoms with Gasteiger partial charge in [-0.3, -0.25) is 4.90 Å². The van der Waals surface area contributed by atoms with Crippen molar-refractivity contribution in [1.82, 2.24) is 4.90 Å². The number of hydrogen-bond donors (Lipinski definition) is 2. The number of rotatable bonds is 32. The molecule has 0 rings (SSSR count). The lowest BCUT2D eigenvalue weighted by atomic mass is 10.1. The summed E-state index contributed by atoms with van der Waals surface area (Å²) in [4.78, 5) is 2.11. The monoisotopic (exact) mass is 588 g/mol. The molecule has 0 bridgehead atoms. The Morgan fingerprint density at radius 1 is 0.429 bits per heavy atom. The van der Waals surface area contributed by atoms with Crippen LogP contribution in [0.1, 0.15) is 175 Å². The lowest BCUT2D eigenvalue weighted by Crippen LogP contribution is -2.43. The predicted molar refractivity (Wildman–Crippen MR) is 188 cm³/mol. The van der Waals surface area contributed by atoms with Gasteiger partial charge in [-0.2, -0.15) is 0 Å². The molecule has 0 aromatic rings. The molecule has 0 spiro atoms. The van der Waals surface area contributed by atoms with Crippen molar-refractivity contribution in [3.8, 4) is 0 Å². The molecule has 246 valence electrons. The van der Waals surface area contributed by atoms with Gasteiger partial charge >= 0.3 is 0 Å². The van der Waals surface area contributed by atoms with Gasteiger partial charge in [0.2, 0.25) is 0 Å². The first-order chi connectivity index (χ1) is 20.6. The molecular formula is C39H73NO2. The minimum absolute atomic E-state index is 0.695. The molecule has 0 aromatic heterocycles. The molecule has 2 N–H and O–H groups in total. The van der Waals surface area contributed by atoms with Crippen molar-refractivity contribution in [1.29, 1.82) is 0 Å². The summed E-state index contributed by atoms with van der Waals surface area (Å²) in [6.07, 6.45) is 47.1. The van der Waals surface area contributed by atoms with Crippen molar-refractivity contribution in [2.75, 3.05) is 13.1 Å². The molecule has 0 radical (unpaired) electrons. The first-order valence-corrected chi connectivity index (χ1v) is 18.3. The molecule has 2 unspecified atom stereocenters. The summed E-state index contributed by atoms with van der Waals surface area (Å²) in [6.45, 7) is 7.99. The second-order valence-corrected chi connectivity index (χ2v) is 12.4. The molecule has 0 aliphatic heterocycles. The van der Waals surface area contributed by atoms with Crippen molar-refractivity contribution < 1.29 is 10.2 Å². The molecule has 0 saturated heterocycles. The van der Waals surface area contributed by atoms with E-state index in [1.807, 2.05) is 0 Å². The van der Waals surface area contributed by atoms with Crippen LogP contribution >= 0.6 is 0 Å². The third-order valence-corrected chi connectivity index (χ3v) is 8.10. The van der Waals surface area contributed by atoms with Gasteiger partial charge in [-0.05, 0) is 84.0 Å². The summed E-state index contributed by atoms with van der Waals surface area (Å²) in [7, 11) is 0. The smallest absolute Gasteiger partial charge is 0.133 e. The number of aliphatic hydroxyl groups excluding tert-OH is 2. The van der Waals surface area contributed by atoms with Crippen molar-refractivity contribution in [2.45, 2.75) is 187 Å². The van der Waals surface area contributed by atoms with E-state index >= 15 is 0 Å². The van der Waals surface area contributed by atoms with Crippen molar-refractivity contribution in [3.63, 3.8) is 0 Å². The molecule has 0 fully saturated rings. The van der Waals surface area contributed by atoms with E-state index < -0.39 is 12.3 Å². The Balaban J connectivity index is 3.75. The van der Waals surface area contributed by atoms with Gasteiger partial charge in [-0.25, -0.2) is 0 Å². The Labute approximate surface area is 263 Å². The first kappa shape index (κ1) is 40.8. The Kier molecular flexibility index (Phi) is 33.4. The minimum Gasteiger partial charge on any atom is -0.389 e. The van der Waals surface area contributed by atoms with Gasteiger partial charge in [0.1, 0.15) is 6.23 Å². The Morgan fingerprint density at radius 2 is 0.738 bits per heavy atom. The van der Waals surface area contributed by atoms with E-state index in [-0.39, 0.29) is 0 Å². The zero-order valence-corrected chi connectivity index (χ0v) is 28.5. The normalized spacial score (nSPS) is 14.0. The SMILES string of the molecule is CCCCC/C=C\C/C=C\CCCCCCCCN(CCCCCCCC/C=C\C/C=C\CCCCC)C(O)C(C)O. The molecule has 0 aliphatic carbocycles. The van der Waals surface area contributed by atoms with Crippen LogP contribution in [0.15, 0.2) is 48.6 Å². The van der Waals surface area contributed by atoms with Gasteiger partial charge in [-0.1, -0.05) is 140 Å². The second kappa shape index (κ2) is 34.3.